The highest BCUT2D eigenvalue weighted by Gasteiger charge is 2.07. The van der Waals surface area contributed by atoms with Crippen LogP contribution < -0.4 is 0 Å². The highest BCUT2D eigenvalue weighted by molar-refractivity contribution is 9.10. The molecule has 0 aliphatic carbocycles. The largest absolute Gasteiger partial charge is 0.396 e. The van der Waals surface area contributed by atoms with Gasteiger partial charge in [0.25, 0.3) is 0 Å². The molecule has 0 aliphatic rings. The van der Waals surface area contributed by atoms with Crippen molar-refractivity contribution in [1.82, 2.24) is 0 Å². The maximum absolute atomic E-state index is 13.1. The second-order valence-electron chi connectivity index (χ2n) is 2.63. The van der Waals surface area contributed by atoms with Crippen molar-refractivity contribution in [2.45, 2.75) is 13.3 Å². The van der Waals surface area contributed by atoms with E-state index in [1.54, 1.807) is 6.07 Å². The molecule has 1 aromatic carbocycles. The van der Waals surface area contributed by atoms with Crippen LogP contribution in [0.25, 0.3) is 0 Å². The van der Waals surface area contributed by atoms with E-state index in [0.29, 0.717) is 12.0 Å². The Balaban J connectivity index is 3.14. The Morgan fingerprint density at radius 1 is 1.50 bits per heavy atom. The van der Waals surface area contributed by atoms with Gasteiger partial charge in [0.15, 0.2) is 0 Å². The maximum atomic E-state index is 13.1. The van der Waals surface area contributed by atoms with Gasteiger partial charge in [0.2, 0.25) is 0 Å². The number of rotatable bonds is 2. The van der Waals surface area contributed by atoms with Crippen LogP contribution in [0, 0.1) is 12.7 Å². The van der Waals surface area contributed by atoms with E-state index in [0.717, 1.165) is 10.0 Å². The van der Waals surface area contributed by atoms with Gasteiger partial charge >= 0.3 is 0 Å². The lowest BCUT2D eigenvalue weighted by molar-refractivity contribution is 0.297. The van der Waals surface area contributed by atoms with Crippen molar-refractivity contribution in [1.29, 1.82) is 0 Å². The highest BCUT2D eigenvalue weighted by Crippen LogP contribution is 2.24. The number of hydrogen-bond donors (Lipinski definition) is 1. The van der Waals surface area contributed by atoms with Crippen molar-refractivity contribution in [2.24, 2.45) is 0 Å². The van der Waals surface area contributed by atoms with Gasteiger partial charge in [-0.25, -0.2) is 4.39 Å². The van der Waals surface area contributed by atoms with E-state index in [1.165, 1.54) is 6.07 Å². The first-order chi connectivity index (χ1) is 5.66. The summed E-state index contributed by atoms with van der Waals surface area (Å²) in [5, 5.41) is 8.67. The molecule has 0 fully saturated rings. The van der Waals surface area contributed by atoms with Gasteiger partial charge in [-0.15, -0.1) is 0 Å². The third kappa shape index (κ3) is 1.84. The maximum Gasteiger partial charge on any atom is 0.127 e. The van der Waals surface area contributed by atoms with Gasteiger partial charge in [-0.1, -0.05) is 22.0 Å². The molecule has 0 spiro atoms. The van der Waals surface area contributed by atoms with Crippen LogP contribution in [0.5, 0.6) is 0 Å². The van der Waals surface area contributed by atoms with Crippen molar-refractivity contribution in [2.75, 3.05) is 6.61 Å². The predicted molar refractivity (Wildman–Crippen MR) is 49.6 cm³/mol. The van der Waals surface area contributed by atoms with Crippen LogP contribution in [-0.2, 0) is 6.42 Å². The fourth-order valence-corrected chi connectivity index (χ4v) is 1.58. The number of hydrogen-bond acceptors (Lipinski definition) is 1. The Hall–Kier alpha value is -0.410. The second-order valence-corrected chi connectivity index (χ2v) is 3.42. The molecule has 1 rings (SSSR count). The fraction of sp³-hybridized carbons (Fsp3) is 0.333. The topological polar surface area (TPSA) is 20.2 Å². The fourth-order valence-electron chi connectivity index (χ4n) is 1.06. The summed E-state index contributed by atoms with van der Waals surface area (Å²) in [6, 6.07) is 3.13. The minimum Gasteiger partial charge on any atom is -0.396 e. The molecule has 0 atom stereocenters. The van der Waals surface area contributed by atoms with Crippen molar-refractivity contribution in [3.05, 3.63) is 33.5 Å². The van der Waals surface area contributed by atoms with Gasteiger partial charge in [0, 0.05) is 16.6 Å². The van der Waals surface area contributed by atoms with E-state index < -0.39 is 0 Å². The molecule has 1 nitrogen and oxygen atoms in total. The van der Waals surface area contributed by atoms with E-state index in [-0.39, 0.29) is 12.4 Å². The normalized spacial score (nSPS) is 10.3. The third-order valence-electron chi connectivity index (χ3n) is 1.74. The summed E-state index contributed by atoms with van der Waals surface area (Å²) >= 11 is 3.28. The summed E-state index contributed by atoms with van der Waals surface area (Å²) in [5.41, 5.74) is 1.54. The second kappa shape index (κ2) is 4.01. The molecule has 0 bridgehead atoms. The van der Waals surface area contributed by atoms with E-state index in [1.807, 2.05) is 6.92 Å². The minimum absolute atomic E-state index is 0.0288. The predicted octanol–water partition coefficient (Wildman–Crippen LogP) is 2.43. The van der Waals surface area contributed by atoms with Gasteiger partial charge in [-0.3, -0.25) is 0 Å². The molecule has 0 aromatic heterocycles. The summed E-state index contributed by atoms with van der Waals surface area (Å²) in [7, 11) is 0. The van der Waals surface area contributed by atoms with Gasteiger partial charge in [0.05, 0.1) is 0 Å². The standard InChI is InChI=1S/C9H10BrFO/c1-6-2-3-8(11)7(4-5-12)9(6)10/h2-3,12H,4-5H2,1H3. The molecule has 1 N–H and O–H groups in total. The van der Waals surface area contributed by atoms with Crippen LogP contribution in [0.1, 0.15) is 11.1 Å². The molecule has 0 heterocycles. The molecule has 3 heteroatoms. The van der Waals surface area contributed by atoms with Crippen molar-refractivity contribution in [3.63, 3.8) is 0 Å². The molecule has 0 unspecified atom stereocenters. The van der Waals surface area contributed by atoms with E-state index >= 15 is 0 Å². The lowest BCUT2D eigenvalue weighted by atomic mass is 10.1. The zero-order valence-corrected chi connectivity index (χ0v) is 8.36. The summed E-state index contributed by atoms with van der Waals surface area (Å²) in [6.45, 7) is 1.86. The molecule has 0 saturated heterocycles. The number of aliphatic hydroxyl groups is 1. The first-order valence-corrected chi connectivity index (χ1v) is 4.50. The molecule has 0 radical (unpaired) electrons. The molecule has 0 saturated carbocycles. The summed E-state index contributed by atoms with van der Waals surface area (Å²) in [6.07, 6.45) is 0.355. The molecule has 0 aliphatic heterocycles. The minimum atomic E-state index is -0.262. The van der Waals surface area contributed by atoms with Crippen molar-refractivity contribution < 1.29 is 9.50 Å². The quantitative estimate of drug-likeness (QED) is 0.831. The number of benzene rings is 1. The zero-order valence-electron chi connectivity index (χ0n) is 6.77. The smallest absolute Gasteiger partial charge is 0.127 e. The average molecular weight is 233 g/mol. The van der Waals surface area contributed by atoms with E-state index in [9.17, 15) is 4.39 Å². The van der Waals surface area contributed by atoms with E-state index in [2.05, 4.69) is 15.9 Å². The van der Waals surface area contributed by atoms with Gasteiger partial charge in [-0.05, 0) is 25.0 Å². The molecular formula is C9H10BrFO. The monoisotopic (exact) mass is 232 g/mol. The molecule has 0 amide bonds. The Labute approximate surface area is 79.4 Å². The van der Waals surface area contributed by atoms with Crippen LogP contribution in [0.4, 0.5) is 4.39 Å². The van der Waals surface area contributed by atoms with Gasteiger partial charge < -0.3 is 5.11 Å². The Morgan fingerprint density at radius 2 is 2.17 bits per heavy atom. The van der Waals surface area contributed by atoms with Gasteiger partial charge in [0.1, 0.15) is 5.82 Å². The Kier molecular flexibility index (Phi) is 3.23. The summed E-state index contributed by atoms with van der Waals surface area (Å²) < 4.78 is 13.8. The van der Waals surface area contributed by atoms with Crippen molar-refractivity contribution in [3.8, 4) is 0 Å². The van der Waals surface area contributed by atoms with Crippen LogP contribution in [0.15, 0.2) is 16.6 Å². The lowest BCUT2D eigenvalue weighted by Crippen LogP contribution is -1.97. The number of halogens is 2. The van der Waals surface area contributed by atoms with E-state index in [4.69, 9.17) is 5.11 Å². The first-order valence-electron chi connectivity index (χ1n) is 3.71. The average Bonchev–Trinajstić information content (AvgIpc) is 2.06. The molecule has 1 aromatic rings. The van der Waals surface area contributed by atoms with Crippen LogP contribution in [-0.4, -0.2) is 11.7 Å². The Bertz CT molecular complexity index is 286. The molecular weight excluding hydrogens is 223 g/mol. The van der Waals surface area contributed by atoms with Crippen molar-refractivity contribution >= 4 is 15.9 Å². The lowest BCUT2D eigenvalue weighted by Gasteiger charge is -2.06. The molecule has 66 valence electrons. The summed E-state index contributed by atoms with van der Waals surface area (Å²) in [4.78, 5) is 0. The highest BCUT2D eigenvalue weighted by atomic mass is 79.9. The third-order valence-corrected chi connectivity index (χ3v) is 2.84. The Morgan fingerprint density at radius 3 is 2.75 bits per heavy atom. The zero-order chi connectivity index (χ0) is 9.14. The first kappa shape index (κ1) is 9.68. The van der Waals surface area contributed by atoms with Gasteiger partial charge in [-0.2, -0.15) is 0 Å². The summed E-state index contributed by atoms with van der Waals surface area (Å²) in [5.74, 6) is -0.262. The SMILES string of the molecule is Cc1ccc(F)c(CCO)c1Br. The van der Waals surface area contributed by atoms with Crippen LogP contribution in [0.3, 0.4) is 0 Å². The number of aryl methyl sites for hydroxylation is 1. The number of aliphatic hydroxyl groups excluding tert-OH is 1. The van der Waals surface area contributed by atoms with Crippen LogP contribution in [0.2, 0.25) is 0 Å². The van der Waals surface area contributed by atoms with Crippen LogP contribution >= 0.6 is 15.9 Å². The molecule has 12 heavy (non-hydrogen) atoms.